The zero-order chi connectivity index (χ0) is 10.8. The van der Waals surface area contributed by atoms with Gasteiger partial charge in [0.15, 0.2) is 0 Å². The Hall–Kier alpha value is -0.580. The highest BCUT2D eigenvalue weighted by molar-refractivity contribution is 7.89. The van der Waals surface area contributed by atoms with E-state index in [1.807, 2.05) is 4.72 Å². The lowest BCUT2D eigenvalue weighted by molar-refractivity contribution is -0.124. The first-order valence-corrected chi connectivity index (χ1v) is 6.79. The smallest absolute Gasteiger partial charge is 0.236 e. The Morgan fingerprint density at radius 3 is 2.14 bits per heavy atom. The van der Waals surface area contributed by atoms with Gasteiger partial charge in [0.2, 0.25) is 15.9 Å². The molecule has 14 heavy (non-hydrogen) atoms. The zero-order valence-electron chi connectivity index (χ0n) is 8.62. The largest absolute Gasteiger partial charge is 0.274 e. The molecule has 5 heteroatoms. The van der Waals surface area contributed by atoms with Gasteiger partial charge in [-0.3, -0.25) is 9.52 Å². The predicted molar refractivity (Wildman–Crippen MR) is 54.1 cm³/mol. The normalized spacial score (nSPS) is 28.4. The molecular formula is C9H17NO3S. The van der Waals surface area contributed by atoms with E-state index >= 15 is 0 Å². The van der Waals surface area contributed by atoms with E-state index in [4.69, 9.17) is 0 Å². The third-order valence-corrected chi connectivity index (χ3v) is 3.24. The highest BCUT2D eigenvalue weighted by Crippen LogP contribution is 2.28. The SMILES string of the molecule is CC1CCC(C(=O)NS(C)(=O)=O)CC1. The number of amides is 1. The summed E-state index contributed by atoms with van der Waals surface area (Å²) in [5, 5.41) is 0. The van der Waals surface area contributed by atoms with E-state index in [-0.39, 0.29) is 11.8 Å². The van der Waals surface area contributed by atoms with Gasteiger partial charge < -0.3 is 0 Å². The molecule has 0 heterocycles. The summed E-state index contributed by atoms with van der Waals surface area (Å²) in [7, 11) is -3.39. The molecule has 1 amide bonds. The van der Waals surface area contributed by atoms with Crippen molar-refractivity contribution in [1.29, 1.82) is 0 Å². The van der Waals surface area contributed by atoms with Crippen LogP contribution in [0, 0.1) is 11.8 Å². The Balaban J connectivity index is 2.46. The summed E-state index contributed by atoms with van der Waals surface area (Å²) in [6, 6.07) is 0. The van der Waals surface area contributed by atoms with Gasteiger partial charge in [0.25, 0.3) is 0 Å². The molecule has 4 nitrogen and oxygen atoms in total. The van der Waals surface area contributed by atoms with Crippen LogP contribution in [0.5, 0.6) is 0 Å². The summed E-state index contributed by atoms with van der Waals surface area (Å²) in [5.74, 6) is 0.220. The molecule has 1 aliphatic rings. The number of sulfonamides is 1. The predicted octanol–water partition coefficient (Wildman–Crippen LogP) is 0.889. The van der Waals surface area contributed by atoms with Crippen molar-refractivity contribution < 1.29 is 13.2 Å². The van der Waals surface area contributed by atoms with Gasteiger partial charge in [0, 0.05) is 5.92 Å². The van der Waals surface area contributed by atoms with Gasteiger partial charge in [-0.1, -0.05) is 6.92 Å². The first kappa shape index (κ1) is 11.5. The number of carbonyl (C=O) groups is 1. The molecule has 1 rings (SSSR count). The molecule has 0 aliphatic heterocycles. The molecule has 0 saturated heterocycles. The van der Waals surface area contributed by atoms with E-state index in [9.17, 15) is 13.2 Å². The summed E-state index contributed by atoms with van der Waals surface area (Å²) in [4.78, 5) is 11.4. The van der Waals surface area contributed by atoms with Gasteiger partial charge >= 0.3 is 0 Å². The summed E-state index contributed by atoms with van der Waals surface area (Å²) < 4.78 is 23.7. The van der Waals surface area contributed by atoms with E-state index in [0.29, 0.717) is 5.92 Å². The third-order valence-electron chi connectivity index (χ3n) is 2.67. The molecule has 1 fully saturated rings. The standard InChI is InChI=1S/C9H17NO3S/c1-7-3-5-8(6-4-7)9(11)10-14(2,12)13/h7-8H,3-6H2,1-2H3,(H,10,11). The molecule has 0 bridgehead atoms. The maximum Gasteiger partial charge on any atom is 0.236 e. The average molecular weight is 219 g/mol. The quantitative estimate of drug-likeness (QED) is 0.750. The maximum atomic E-state index is 11.4. The highest BCUT2D eigenvalue weighted by atomic mass is 32.2. The fourth-order valence-corrected chi connectivity index (χ4v) is 2.32. The van der Waals surface area contributed by atoms with Crippen molar-refractivity contribution in [2.24, 2.45) is 11.8 Å². The average Bonchev–Trinajstić information content (AvgIpc) is 2.02. The van der Waals surface area contributed by atoms with Crippen LogP contribution in [0.1, 0.15) is 32.6 Å². The van der Waals surface area contributed by atoms with Gasteiger partial charge in [-0.15, -0.1) is 0 Å². The summed E-state index contributed by atoms with van der Waals surface area (Å²) in [6.45, 7) is 2.16. The van der Waals surface area contributed by atoms with Crippen LogP contribution >= 0.6 is 0 Å². The Bertz CT molecular complexity index is 302. The second-order valence-corrected chi connectivity index (χ2v) is 5.94. The van der Waals surface area contributed by atoms with Crippen molar-refractivity contribution in [3.8, 4) is 0 Å². The van der Waals surface area contributed by atoms with Crippen LogP contribution in [0.25, 0.3) is 0 Å². The molecule has 1 aliphatic carbocycles. The van der Waals surface area contributed by atoms with Crippen molar-refractivity contribution in [1.82, 2.24) is 4.72 Å². The Morgan fingerprint density at radius 1 is 1.21 bits per heavy atom. The first-order chi connectivity index (χ1) is 6.38. The van der Waals surface area contributed by atoms with Crippen LogP contribution in [0.2, 0.25) is 0 Å². The molecule has 0 radical (unpaired) electrons. The fourth-order valence-electron chi connectivity index (χ4n) is 1.79. The van der Waals surface area contributed by atoms with Crippen LogP contribution in [0.4, 0.5) is 0 Å². The highest BCUT2D eigenvalue weighted by Gasteiger charge is 2.25. The lowest BCUT2D eigenvalue weighted by atomic mass is 9.83. The van der Waals surface area contributed by atoms with Crippen molar-refractivity contribution in [3.05, 3.63) is 0 Å². The molecular weight excluding hydrogens is 202 g/mol. The Morgan fingerprint density at radius 2 is 1.71 bits per heavy atom. The number of nitrogens with one attached hydrogen (secondary N) is 1. The van der Waals surface area contributed by atoms with Gasteiger partial charge in [-0.25, -0.2) is 8.42 Å². The molecule has 1 saturated carbocycles. The Kier molecular flexibility index (Phi) is 3.53. The second kappa shape index (κ2) is 4.29. The van der Waals surface area contributed by atoms with Crippen molar-refractivity contribution in [2.45, 2.75) is 32.6 Å². The van der Waals surface area contributed by atoms with Gasteiger partial charge in [0.05, 0.1) is 6.26 Å². The van der Waals surface area contributed by atoms with E-state index in [1.165, 1.54) is 0 Å². The zero-order valence-corrected chi connectivity index (χ0v) is 9.43. The molecule has 0 atom stereocenters. The maximum absolute atomic E-state index is 11.4. The van der Waals surface area contributed by atoms with E-state index in [2.05, 4.69) is 6.92 Å². The third kappa shape index (κ3) is 3.65. The minimum Gasteiger partial charge on any atom is -0.274 e. The van der Waals surface area contributed by atoms with E-state index in [1.54, 1.807) is 0 Å². The fraction of sp³-hybridized carbons (Fsp3) is 0.889. The van der Waals surface area contributed by atoms with Crippen LogP contribution in [0.15, 0.2) is 0 Å². The topological polar surface area (TPSA) is 63.2 Å². The lowest BCUT2D eigenvalue weighted by Crippen LogP contribution is -2.36. The van der Waals surface area contributed by atoms with Crippen LogP contribution < -0.4 is 4.72 Å². The van der Waals surface area contributed by atoms with Crippen molar-refractivity contribution in [3.63, 3.8) is 0 Å². The number of carbonyl (C=O) groups excluding carboxylic acids is 1. The molecule has 82 valence electrons. The first-order valence-electron chi connectivity index (χ1n) is 4.90. The number of rotatable bonds is 2. The van der Waals surface area contributed by atoms with Crippen molar-refractivity contribution >= 4 is 15.9 Å². The molecule has 0 spiro atoms. The van der Waals surface area contributed by atoms with Gasteiger partial charge in [-0.05, 0) is 31.6 Å². The van der Waals surface area contributed by atoms with E-state index < -0.39 is 10.0 Å². The minimum atomic E-state index is -3.39. The molecule has 0 unspecified atom stereocenters. The van der Waals surface area contributed by atoms with Crippen LogP contribution in [0.3, 0.4) is 0 Å². The number of hydrogen-bond donors (Lipinski definition) is 1. The second-order valence-electron chi connectivity index (χ2n) is 4.20. The molecule has 0 aromatic heterocycles. The Labute approximate surface area is 85.1 Å². The monoisotopic (exact) mass is 219 g/mol. The molecule has 0 aromatic rings. The minimum absolute atomic E-state index is 0.110. The van der Waals surface area contributed by atoms with Crippen LogP contribution in [-0.4, -0.2) is 20.6 Å². The molecule has 0 aromatic carbocycles. The van der Waals surface area contributed by atoms with Crippen molar-refractivity contribution in [2.75, 3.05) is 6.26 Å². The summed E-state index contributed by atoms with van der Waals surface area (Å²) in [6.07, 6.45) is 4.66. The van der Waals surface area contributed by atoms with E-state index in [0.717, 1.165) is 31.9 Å². The lowest BCUT2D eigenvalue weighted by Gasteiger charge is -2.24. The molecule has 1 N–H and O–H groups in total. The van der Waals surface area contributed by atoms with Crippen LogP contribution in [-0.2, 0) is 14.8 Å². The van der Waals surface area contributed by atoms with Gasteiger partial charge in [-0.2, -0.15) is 0 Å². The van der Waals surface area contributed by atoms with Gasteiger partial charge in [0.1, 0.15) is 0 Å². The number of hydrogen-bond acceptors (Lipinski definition) is 3. The summed E-state index contributed by atoms with van der Waals surface area (Å²) >= 11 is 0. The summed E-state index contributed by atoms with van der Waals surface area (Å²) in [5.41, 5.74) is 0.